The van der Waals surface area contributed by atoms with Gasteiger partial charge in [-0.15, -0.1) is 0 Å². The van der Waals surface area contributed by atoms with Crippen LogP contribution in [-0.2, 0) is 4.79 Å². The highest BCUT2D eigenvalue weighted by Gasteiger charge is 2.31. The minimum absolute atomic E-state index is 0.314. The van der Waals surface area contributed by atoms with Crippen molar-refractivity contribution in [2.24, 2.45) is 0 Å². The average Bonchev–Trinajstić information content (AvgIpc) is 2.73. The molecule has 0 radical (unpaired) electrons. The predicted octanol–water partition coefficient (Wildman–Crippen LogP) is 4.97. The summed E-state index contributed by atoms with van der Waals surface area (Å²) in [5, 5.41) is 0. The molecule has 0 N–H and O–H groups in total. The molecular weight excluding hydrogens is 343 g/mol. The summed E-state index contributed by atoms with van der Waals surface area (Å²) in [6.07, 6.45) is 0.823. The second-order valence-corrected chi connectivity index (χ2v) is 6.26. The maximum absolute atomic E-state index is 13.4. The van der Waals surface area contributed by atoms with Crippen LogP contribution in [-0.4, -0.2) is 13.4 Å². The Kier molecular flexibility index (Phi) is 4.47. The van der Waals surface area contributed by atoms with Crippen molar-refractivity contribution in [3.05, 3.63) is 101 Å². The summed E-state index contributed by atoms with van der Waals surface area (Å²) in [4.78, 5) is 12.1. The van der Waals surface area contributed by atoms with Gasteiger partial charge in [0.25, 0.3) is 0 Å². The molecule has 1 unspecified atom stereocenters. The minimum atomic E-state index is -0.329. The van der Waals surface area contributed by atoms with Gasteiger partial charge < -0.3 is 9.47 Å². The lowest BCUT2D eigenvalue weighted by Gasteiger charge is -2.29. The van der Waals surface area contributed by atoms with Crippen molar-refractivity contribution >= 4 is 12.0 Å². The SMILES string of the molecule is COc1ccc(C2=C(C=O)C(c3ccc(F)cc3)c3ccccc3O2)cc1. The molecule has 4 rings (SSSR count). The zero-order valence-electron chi connectivity index (χ0n) is 14.7. The first-order chi connectivity index (χ1) is 13.2. The van der Waals surface area contributed by atoms with Crippen molar-refractivity contribution in [2.45, 2.75) is 5.92 Å². The lowest BCUT2D eigenvalue weighted by molar-refractivity contribution is -0.105. The van der Waals surface area contributed by atoms with Crippen LogP contribution < -0.4 is 9.47 Å². The third kappa shape index (κ3) is 3.10. The van der Waals surface area contributed by atoms with Gasteiger partial charge in [0.05, 0.1) is 7.11 Å². The lowest BCUT2D eigenvalue weighted by atomic mass is 9.82. The van der Waals surface area contributed by atoms with Crippen molar-refractivity contribution in [1.82, 2.24) is 0 Å². The van der Waals surface area contributed by atoms with Gasteiger partial charge in [-0.1, -0.05) is 30.3 Å². The first-order valence-corrected chi connectivity index (χ1v) is 8.57. The Morgan fingerprint density at radius 1 is 0.963 bits per heavy atom. The van der Waals surface area contributed by atoms with Crippen LogP contribution in [0.5, 0.6) is 11.5 Å². The minimum Gasteiger partial charge on any atom is -0.497 e. The number of rotatable bonds is 4. The van der Waals surface area contributed by atoms with Gasteiger partial charge in [-0.3, -0.25) is 4.79 Å². The molecule has 134 valence electrons. The monoisotopic (exact) mass is 360 g/mol. The molecule has 1 aliphatic heterocycles. The molecular formula is C23H17FO3. The normalized spacial score (nSPS) is 15.7. The third-order valence-electron chi connectivity index (χ3n) is 4.70. The molecule has 0 fully saturated rings. The van der Waals surface area contributed by atoms with E-state index in [9.17, 15) is 9.18 Å². The molecule has 3 aromatic rings. The summed E-state index contributed by atoms with van der Waals surface area (Å²) in [6, 6.07) is 21.2. The molecule has 0 spiro atoms. The average molecular weight is 360 g/mol. The Labute approximate surface area is 156 Å². The fourth-order valence-electron chi connectivity index (χ4n) is 3.38. The number of benzene rings is 3. The Morgan fingerprint density at radius 2 is 1.67 bits per heavy atom. The highest BCUT2D eigenvalue weighted by molar-refractivity contribution is 5.91. The molecule has 1 aliphatic rings. The van der Waals surface area contributed by atoms with E-state index in [2.05, 4.69) is 0 Å². The van der Waals surface area contributed by atoms with Crippen molar-refractivity contribution in [2.75, 3.05) is 7.11 Å². The number of allylic oxidation sites excluding steroid dienone is 1. The number of ether oxygens (including phenoxy) is 2. The second-order valence-electron chi connectivity index (χ2n) is 6.26. The first kappa shape index (κ1) is 17.0. The molecule has 3 aromatic carbocycles. The number of methoxy groups -OCH3 is 1. The maximum Gasteiger partial charge on any atom is 0.150 e. The molecule has 27 heavy (non-hydrogen) atoms. The molecule has 0 aromatic heterocycles. The van der Waals surface area contributed by atoms with Crippen LogP contribution >= 0.6 is 0 Å². The number of hydrogen-bond donors (Lipinski definition) is 0. The molecule has 4 heteroatoms. The van der Waals surface area contributed by atoms with E-state index < -0.39 is 0 Å². The van der Waals surface area contributed by atoms with Gasteiger partial charge in [-0.25, -0.2) is 4.39 Å². The van der Waals surface area contributed by atoms with Crippen molar-refractivity contribution in [1.29, 1.82) is 0 Å². The molecule has 0 saturated heterocycles. The summed E-state index contributed by atoms with van der Waals surface area (Å²) >= 11 is 0. The van der Waals surface area contributed by atoms with E-state index in [1.54, 1.807) is 19.2 Å². The summed E-state index contributed by atoms with van der Waals surface area (Å²) < 4.78 is 24.7. The van der Waals surface area contributed by atoms with Gasteiger partial charge in [-0.05, 0) is 48.0 Å². The predicted molar refractivity (Wildman–Crippen MR) is 101 cm³/mol. The van der Waals surface area contributed by atoms with Crippen LogP contribution in [0.15, 0.2) is 78.4 Å². The Hall–Kier alpha value is -3.40. The molecule has 3 nitrogen and oxygen atoms in total. The van der Waals surface area contributed by atoms with Gasteiger partial charge in [0.1, 0.15) is 23.1 Å². The maximum atomic E-state index is 13.4. The van der Waals surface area contributed by atoms with E-state index >= 15 is 0 Å². The van der Waals surface area contributed by atoms with Crippen molar-refractivity contribution in [3.8, 4) is 11.5 Å². The zero-order valence-corrected chi connectivity index (χ0v) is 14.7. The number of carbonyl (C=O) groups excluding carboxylic acids is 1. The van der Waals surface area contributed by atoms with E-state index in [4.69, 9.17) is 9.47 Å². The Morgan fingerprint density at radius 3 is 2.33 bits per heavy atom. The first-order valence-electron chi connectivity index (χ1n) is 8.57. The van der Waals surface area contributed by atoms with Crippen LogP contribution in [0.4, 0.5) is 4.39 Å². The summed E-state index contributed by atoms with van der Waals surface area (Å²) in [6.45, 7) is 0. The van der Waals surface area contributed by atoms with Gasteiger partial charge in [0.15, 0.2) is 6.29 Å². The van der Waals surface area contributed by atoms with E-state index in [0.717, 1.165) is 28.7 Å². The van der Waals surface area contributed by atoms with Crippen LogP contribution in [0.25, 0.3) is 5.76 Å². The van der Waals surface area contributed by atoms with Gasteiger partial charge in [0.2, 0.25) is 0 Å². The lowest BCUT2D eigenvalue weighted by Crippen LogP contribution is -2.17. The molecule has 0 saturated carbocycles. The summed E-state index contributed by atoms with van der Waals surface area (Å²) in [7, 11) is 1.60. The van der Waals surface area contributed by atoms with E-state index in [1.807, 2.05) is 48.5 Å². The van der Waals surface area contributed by atoms with Crippen molar-refractivity contribution in [3.63, 3.8) is 0 Å². The number of aldehydes is 1. The zero-order chi connectivity index (χ0) is 18.8. The van der Waals surface area contributed by atoms with Crippen LogP contribution in [0, 0.1) is 5.82 Å². The van der Waals surface area contributed by atoms with Gasteiger partial charge >= 0.3 is 0 Å². The van der Waals surface area contributed by atoms with Gasteiger partial charge in [-0.2, -0.15) is 0 Å². The largest absolute Gasteiger partial charge is 0.497 e. The van der Waals surface area contributed by atoms with E-state index in [-0.39, 0.29) is 11.7 Å². The smallest absolute Gasteiger partial charge is 0.150 e. The highest BCUT2D eigenvalue weighted by atomic mass is 19.1. The summed E-state index contributed by atoms with van der Waals surface area (Å²) in [5.74, 6) is 1.26. The molecule has 1 heterocycles. The number of hydrogen-bond acceptors (Lipinski definition) is 3. The molecule has 0 aliphatic carbocycles. The third-order valence-corrected chi connectivity index (χ3v) is 4.70. The van der Waals surface area contributed by atoms with Crippen molar-refractivity contribution < 1.29 is 18.7 Å². The van der Waals surface area contributed by atoms with Gasteiger partial charge in [0, 0.05) is 22.6 Å². The molecule has 1 atom stereocenters. The standard InChI is InChI=1S/C23H17FO3/c1-26-18-12-8-16(9-13-18)23-20(14-25)22(15-6-10-17(24)11-7-15)19-4-2-3-5-21(19)27-23/h2-14,22H,1H3. The number of carbonyl (C=O) groups is 1. The fourth-order valence-corrected chi connectivity index (χ4v) is 3.38. The topological polar surface area (TPSA) is 35.5 Å². The van der Waals surface area contributed by atoms with E-state index in [0.29, 0.717) is 17.1 Å². The second kappa shape index (κ2) is 7.08. The van der Waals surface area contributed by atoms with E-state index in [1.165, 1.54) is 12.1 Å². The summed E-state index contributed by atoms with van der Waals surface area (Å²) in [5.41, 5.74) is 2.99. The number of para-hydroxylation sites is 1. The molecule has 0 bridgehead atoms. The van der Waals surface area contributed by atoms with Crippen LogP contribution in [0.1, 0.15) is 22.6 Å². The highest BCUT2D eigenvalue weighted by Crippen LogP contribution is 2.44. The molecule has 0 amide bonds. The Balaban J connectivity index is 1.91. The quantitative estimate of drug-likeness (QED) is 0.616. The van der Waals surface area contributed by atoms with Crippen LogP contribution in [0.3, 0.4) is 0 Å². The van der Waals surface area contributed by atoms with Crippen LogP contribution in [0.2, 0.25) is 0 Å². The number of fused-ring (bicyclic) bond motifs is 1. The Bertz CT molecular complexity index is 1000. The number of halogens is 1. The fraction of sp³-hybridized carbons (Fsp3) is 0.0870.